The maximum absolute atomic E-state index is 12.2. The van der Waals surface area contributed by atoms with E-state index in [1.165, 1.54) is 18.2 Å². The largest absolute Gasteiger partial charge is 0.469 e. The van der Waals surface area contributed by atoms with Crippen molar-refractivity contribution in [3.05, 3.63) is 33.8 Å². The zero-order chi connectivity index (χ0) is 15.3. The molecule has 0 aromatic heterocycles. The summed E-state index contributed by atoms with van der Waals surface area (Å²) < 4.78 is 11.5. The zero-order valence-electron chi connectivity index (χ0n) is 12.8. The average Bonchev–Trinajstić information content (AvgIpc) is 2.49. The van der Waals surface area contributed by atoms with Crippen LogP contribution in [0, 0.1) is 12.3 Å². The maximum Gasteiger partial charge on any atom is 0.311 e. The lowest BCUT2D eigenvalue weighted by Gasteiger charge is -2.34. The van der Waals surface area contributed by atoms with Gasteiger partial charge in [-0.05, 0) is 62.3 Å². The number of aryl methyl sites for hydroxylation is 2. The topological polar surface area (TPSA) is 35.5 Å². The molecule has 4 heteroatoms. The van der Waals surface area contributed by atoms with E-state index >= 15 is 0 Å². The molecule has 0 spiro atoms. The number of esters is 1. The van der Waals surface area contributed by atoms with E-state index in [2.05, 4.69) is 41.1 Å². The van der Waals surface area contributed by atoms with Crippen molar-refractivity contribution in [1.29, 1.82) is 0 Å². The Bertz CT molecular complexity index is 493. The van der Waals surface area contributed by atoms with Crippen molar-refractivity contribution in [1.82, 2.24) is 0 Å². The molecule has 1 fully saturated rings. The van der Waals surface area contributed by atoms with Crippen LogP contribution >= 0.6 is 15.9 Å². The second-order valence-corrected chi connectivity index (χ2v) is 6.72. The lowest BCUT2D eigenvalue weighted by atomic mass is 9.75. The molecule has 1 aromatic carbocycles. The van der Waals surface area contributed by atoms with Crippen molar-refractivity contribution in [2.75, 3.05) is 20.3 Å². The van der Waals surface area contributed by atoms with E-state index < -0.39 is 0 Å². The van der Waals surface area contributed by atoms with Crippen molar-refractivity contribution in [2.45, 2.75) is 39.0 Å². The van der Waals surface area contributed by atoms with Crippen LogP contribution in [0.4, 0.5) is 0 Å². The van der Waals surface area contributed by atoms with Gasteiger partial charge < -0.3 is 9.47 Å². The van der Waals surface area contributed by atoms with E-state index in [0.717, 1.165) is 36.6 Å². The van der Waals surface area contributed by atoms with E-state index in [0.29, 0.717) is 13.2 Å². The summed E-state index contributed by atoms with van der Waals surface area (Å²) in [5.74, 6) is -0.0710. The van der Waals surface area contributed by atoms with Gasteiger partial charge in [0.15, 0.2) is 0 Å². The van der Waals surface area contributed by atoms with E-state index in [1.54, 1.807) is 0 Å². The van der Waals surface area contributed by atoms with Crippen molar-refractivity contribution in [3.8, 4) is 0 Å². The van der Waals surface area contributed by atoms with E-state index in [1.807, 2.05) is 0 Å². The van der Waals surface area contributed by atoms with Gasteiger partial charge in [0.05, 0.1) is 12.5 Å². The van der Waals surface area contributed by atoms with Gasteiger partial charge in [0.25, 0.3) is 0 Å². The zero-order valence-corrected chi connectivity index (χ0v) is 14.4. The molecule has 0 saturated carbocycles. The van der Waals surface area contributed by atoms with Crippen LogP contribution in [0.1, 0.15) is 36.8 Å². The Morgan fingerprint density at radius 1 is 1.38 bits per heavy atom. The predicted molar refractivity (Wildman–Crippen MR) is 86.3 cm³/mol. The molecule has 21 heavy (non-hydrogen) atoms. The fourth-order valence-corrected chi connectivity index (χ4v) is 3.57. The van der Waals surface area contributed by atoms with Crippen LogP contribution in [0.25, 0.3) is 0 Å². The maximum atomic E-state index is 12.2. The van der Waals surface area contributed by atoms with E-state index in [4.69, 9.17) is 9.47 Å². The van der Waals surface area contributed by atoms with Crippen LogP contribution in [-0.4, -0.2) is 26.3 Å². The highest BCUT2D eigenvalue weighted by molar-refractivity contribution is 9.10. The summed E-state index contributed by atoms with van der Waals surface area (Å²) in [6.45, 7) is 3.45. The first-order chi connectivity index (χ1) is 10.1. The number of hydrogen-bond acceptors (Lipinski definition) is 3. The number of carbonyl (C=O) groups excluding carboxylic acids is 1. The number of benzene rings is 1. The van der Waals surface area contributed by atoms with Gasteiger partial charge in [-0.25, -0.2) is 0 Å². The summed E-state index contributed by atoms with van der Waals surface area (Å²) in [6.07, 6.45) is 4.42. The number of hydrogen-bond donors (Lipinski definition) is 0. The molecule has 1 aromatic rings. The average molecular weight is 355 g/mol. The first-order valence-electron chi connectivity index (χ1n) is 7.49. The molecular formula is C17H23BrO3. The van der Waals surface area contributed by atoms with Crippen molar-refractivity contribution >= 4 is 21.9 Å². The van der Waals surface area contributed by atoms with Gasteiger partial charge in [0.1, 0.15) is 0 Å². The summed E-state index contributed by atoms with van der Waals surface area (Å²) in [6, 6.07) is 6.38. The summed E-state index contributed by atoms with van der Waals surface area (Å²) in [7, 11) is 1.48. The van der Waals surface area contributed by atoms with Crippen molar-refractivity contribution < 1.29 is 14.3 Å². The molecule has 1 saturated heterocycles. The SMILES string of the molecule is COC(=O)C1(CCCc2ccc(Br)cc2C)CCOCC1. The summed E-state index contributed by atoms with van der Waals surface area (Å²) in [4.78, 5) is 12.2. The van der Waals surface area contributed by atoms with Gasteiger partial charge in [-0.1, -0.05) is 22.0 Å². The van der Waals surface area contributed by atoms with Gasteiger partial charge in [-0.15, -0.1) is 0 Å². The standard InChI is InChI=1S/C17H23BrO3/c1-13-12-15(18)6-5-14(13)4-3-7-17(16(19)20-2)8-10-21-11-9-17/h5-6,12H,3-4,7-11H2,1-2H3. The third-order valence-electron chi connectivity index (χ3n) is 4.47. The van der Waals surface area contributed by atoms with Crippen LogP contribution in [-0.2, 0) is 20.7 Å². The minimum Gasteiger partial charge on any atom is -0.469 e. The molecule has 0 atom stereocenters. The molecule has 1 aliphatic heterocycles. The third-order valence-corrected chi connectivity index (χ3v) is 4.97. The van der Waals surface area contributed by atoms with E-state index in [9.17, 15) is 4.79 Å². The molecule has 1 aliphatic rings. The number of rotatable bonds is 5. The Hall–Kier alpha value is -0.870. The van der Waals surface area contributed by atoms with Crippen LogP contribution in [0.15, 0.2) is 22.7 Å². The molecule has 1 heterocycles. The van der Waals surface area contributed by atoms with Crippen LogP contribution in [0.5, 0.6) is 0 Å². The molecule has 2 rings (SSSR count). The predicted octanol–water partition coefficient (Wildman–Crippen LogP) is 4.05. The Balaban J connectivity index is 1.97. The highest BCUT2D eigenvalue weighted by Crippen LogP contribution is 2.37. The quantitative estimate of drug-likeness (QED) is 0.748. The van der Waals surface area contributed by atoms with Crippen molar-refractivity contribution in [3.63, 3.8) is 0 Å². The minimum absolute atomic E-state index is 0.0710. The monoisotopic (exact) mass is 354 g/mol. The fraction of sp³-hybridized carbons (Fsp3) is 0.588. The summed E-state index contributed by atoms with van der Waals surface area (Å²) in [5.41, 5.74) is 2.31. The van der Waals surface area contributed by atoms with Gasteiger partial charge in [-0.3, -0.25) is 4.79 Å². The van der Waals surface area contributed by atoms with Gasteiger partial charge >= 0.3 is 5.97 Å². The Labute approximate surface area is 135 Å². The molecule has 0 aliphatic carbocycles. The van der Waals surface area contributed by atoms with Crippen LogP contribution in [0.2, 0.25) is 0 Å². The molecule has 0 bridgehead atoms. The molecule has 3 nitrogen and oxygen atoms in total. The lowest BCUT2D eigenvalue weighted by molar-refractivity contribution is -0.159. The number of methoxy groups -OCH3 is 1. The second-order valence-electron chi connectivity index (χ2n) is 5.81. The first-order valence-corrected chi connectivity index (χ1v) is 8.28. The first kappa shape index (κ1) is 16.5. The van der Waals surface area contributed by atoms with Crippen LogP contribution < -0.4 is 0 Å². The van der Waals surface area contributed by atoms with Gasteiger partial charge in [-0.2, -0.15) is 0 Å². The Morgan fingerprint density at radius 3 is 2.71 bits per heavy atom. The molecular weight excluding hydrogens is 332 g/mol. The molecule has 116 valence electrons. The smallest absolute Gasteiger partial charge is 0.311 e. The Morgan fingerprint density at radius 2 is 2.10 bits per heavy atom. The molecule has 0 radical (unpaired) electrons. The molecule has 0 N–H and O–H groups in total. The normalized spacial score (nSPS) is 17.5. The van der Waals surface area contributed by atoms with E-state index in [-0.39, 0.29) is 11.4 Å². The third kappa shape index (κ3) is 4.07. The second kappa shape index (κ2) is 7.41. The van der Waals surface area contributed by atoms with Gasteiger partial charge in [0.2, 0.25) is 0 Å². The van der Waals surface area contributed by atoms with Gasteiger partial charge in [0, 0.05) is 17.7 Å². The summed E-state index contributed by atoms with van der Waals surface area (Å²) in [5, 5.41) is 0. The highest BCUT2D eigenvalue weighted by atomic mass is 79.9. The fourth-order valence-electron chi connectivity index (χ4n) is 3.09. The summed E-state index contributed by atoms with van der Waals surface area (Å²) >= 11 is 3.49. The lowest BCUT2D eigenvalue weighted by Crippen LogP contribution is -2.38. The molecule has 0 unspecified atom stereocenters. The number of carbonyl (C=O) groups is 1. The number of halogens is 1. The van der Waals surface area contributed by atoms with Crippen molar-refractivity contribution in [2.24, 2.45) is 5.41 Å². The minimum atomic E-state index is -0.337. The Kier molecular flexibility index (Phi) is 5.82. The molecule has 0 amide bonds. The van der Waals surface area contributed by atoms with Crippen LogP contribution in [0.3, 0.4) is 0 Å². The number of ether oxygens (including phenoxy) is 2. The highest BCUT2D eigenvalue weighted by Gasteiger charge is 2.40.